The SMILES string of the molecule is Cc1nc([C@H]2CC[C@@H](O)[C@H](NC(=O)CC(C)C)C2)n(-c2nc3ccccc3[nH]2)n1. The molecular formula is C21H28N6O2. The number of aromatic nitrogens is 5. The minimum atomic E-state index is -0.536. The van der Waals surface area contributed by atoms with Crippen LogP contribution in [0.25, 0.3) is 17.0 Å². The molecule has 1 aliphatic rings. The van der Waals surface area contributed by atoms with E-state index in [-0.39, 0.29) is 23.8 Å². The van der Waals surface area contributed by atoms with Crippen molar-refractivity contribution in [1.29, 1.82) is 0 Å². The first-order chi connectivity index (χ1) is 13.9. The lowest BCUT2D eigenvalue weighted by molar-refractivity contribution is -0.123. The van der Waals surface area contributed by atoms with Gasteiger partial charge in [0.1, 0.15) is 11.6 Å². The van der Waals surface area contributed by atoms with E-state index in [0.29, 0.717) is 31.0 Å². The van der Waals surface area contributed by atoms with Gasteiger partial charge in [-0.3, -0.25) is 4.79 Å². The number of imidazole rings is 1. The van der Waals surface area contributed by atoms with Crippen molar-refractivity contribution in [1.82, 2.24) is 30.0 Å². The summed E-state index contributed by atoms with van der Waals surface area (Å²) in [7, 11) is 0. The van der Waals surface area contributed by atoms with Crippen molar-refractivity contribution in [2.75, 3.05) is 0 Å². The summed E-state index contributed by atoms with van der Waals surface area (Å²) >= 11 is 0. The molecule has 2 heterocycles. The van der Waals surface area contributed by atoms with E-state index in [4.69, 9.17) is 0 Å². The molecule has 8 nitrogen and oxygen atoms in total. The van der Waals surface area contributed by atoms with Gasteiger partial charge in [0.05, 0.1) is 23.2 Å². The van der Waals surface area contributed by atoms with E-state index in [2.05, 4.69) is 25.4 Å². The predicted molar refractivity (Wildman–Crippen MR) is 110 cm³/mol. The highest BCUT2D eigenvalue weighted by molar-refractivity contribution is 5.76. The molecule has 3 N–H and O–H groups in total. The zero-order valence-corrected chi connectivity index (χ0v) is 17.1. The van der Waals surface area contributed by atoms with Crippen molar-refractivity contribution < 1.29 is 9.90 Å². The summed E-state index contributed by atoms with van der Waals surface area (Å²) in [6.07, 6.45) is 1.95. The molecule has 8 heteroatoms. The van der Waals surface area contributed by atoms with Gasteiger partial charge in [-0.25, -0.2) is 9.97 Å². The number of aryl methyl sites for hydroxylation is 1. The summed E-state index contributed by atoms with van der Waals surface area (Å²) in [4.78, 5) is 24.9. The van der Waals surface area contributed by atoms with Crippen LogP contribution in [-0.4, -0.2) is 47.9 Å². The molecule has 0 unspecified atom stereocenters. The first-order valence-electron chi connectivity index (χ1n) is 10.3. The molecule has 0 aliphatic heterocycles. The van der Waals surface area contributed by atoms with Gasteiger partial charge in [-0.05, 0) is 44.2 Å². The van der Waals surface area contributed by atoms with E-state index in [1.807, 2.05) is 45.0 Å². The quantitative estimate of drug-likeness (QED) is 0.614. The molecule has 0 spiro atoms. The van der Waals surface area contributed by atoms with Crippen LogP contribution in [0.2, 0.25) is 0 Å². The third-order valence-corrected chi connectivity index (χ3v) is 5.43. The van der Waals surface area contributed by atoms with Crippen LogP contribution < -0.4 is 5.32 Å². The lowest BCUT2D eigenvalue weighted by atomic mass is 9.83. The molecule has 1 aromatic carbocycles. The van der Waals surface area contributed by atoms with Crippen LogP contribution in [0.15, 0.2) is 24.3 Å². The maximum absolute atomic E-state index is 12.2. The number of nitrogens with one attached hydrogen (secondary N) is 2. The Morgan fingerprint density at radius 3 is 2.86 bits per heavy atom. The first-order valence-corrected chi connectivity index (χ1v) is 10.3. The number of para-hydroxylation sites is 2. The zero-order chi connectivity index (χ0) is 20.5. The van der Waals surface area contributed by atoms with Crippen molar-refractivity contribution in [3.05, 3.63) is 35.9 Å². The number of carbonyl (C=O) groups is 1. The monoisotopic (exact) mass is 396 g/mol. The average Bonchev–Trinajstić information content (AvgIpc) is 3.26. The molecule has 1 aliphatic carbocycles. The molecule has 0 saturated heterocycles. The van der Waals surface area contributed by atoms with Crippen LogP contribution in [-0.2, 0) is 4.79 Å². The molecule has 29 heavy (non-hydrogen) atoms. The highest BCUT2D eigenvalue weighted by Crippen LogP contribution is 2.33. The van der Waals surface area contributed by atoms with E-state index in [0.717, 1.165) is 23.3 Å². The van der Waals surface area contributed by atoms with Gasteiger partial charge in [0.2, 0.25) is 11.9 Å². The number of fused-ring (bicyclic) bond motifs is 1. The second kappa shape index (κ2) is 7.94. The Kier molecular flexibility index (Phi) is 5.36. The average molecular weight is 396 g/mol. The summed E-state index contributed by atoms with van der Waals surface area (Å²) in [6.45, 7) is 5.89. The van der Waals surface area contributed by atoms with Gasteiger partial charge in [-0.15, -0.1) is 5.10 Å². The van der Waals surface area contributed by atoms with E-state index < -0.39 is 6.10 Å². The third-order valence-electron chi connectivity index (χ3n) is 5.43. The lowest BCUT2D eigenvalue weighted by Gasteiger charge is -2.33. The van der Waals surface area contributed by atoms with Crippen LogP contribution in [0.5, 0.6) is 0 Å². The van der Waals surface area contributed by atoms with E-state index in [1.165, 1.54) is 0 Å². The number of carbonyl (C=O) groups excluding carboxylic acids is 1. The Balaban J connectivity index is 1.59. The summed E-state index contributed by atoms with van der Waals surface area (Å²) < 4.78 is 1.77. The number of amides is 1. The molecule has 1 fully saturated rings. The van der Waals surface area contributed by atoms with Gasteiger partial charge in [-0.1, -0.05) is 26.0 Å². The van der Waals surface area contributed by atoms with Gasteiger partial charge >= 0.3 is 0 Å². The number of aliphatic hydroxyl groups excluding tert-OH is 1. The maximum Gasteiger partial charge on any atom is 0.230 e. The highest BCUT2D eigenvalue weighted by atomic mass is 16.3. The van der Waals surface area contributed by atoms with Crippen molar-refractivity contribution in [3.63, 3.8) is 0 Å². The van der Waals surface area contributed by atoms with Crippen LogP contribution in [0.3, 0.4) is 0 Å². The summed E-state index contributed by atoms with van der Waals surface area (Å²) in [5, 5.41) is 18.0. The number of hydrogen-bond acceptors (Lipinski definition) is 5. The second-order valence-corrected chi connectivity index (χ2v) is 8.36. The smallest absolute Gasteiger partial charge is 0.230 e. The van der Waals surface area contributed by atoms with Gasteiger partial charge in [0, 0.05) is 12.3 Å². The maximum atomic E-state index is 12.2. The Labute approximate surface area is 169 Å². The van der Waals surface area contributed by atoms with Crippen molar-refractivity contribution >= 4 is 16.9 Å². The number of rotatable bonds is 5. The number of aliphatic hydroxyl groups is 1. The molecule has 154 valence electrons. The largest absolute Gasteiger partial charge is 0.391 e. The molecule has 3 atom stereocenters. The number of benzene rings is 1. The Morgan fingerprint density at radius 1 is 1.31 bits per heavy atom. The fourth-order valence-corrected chi connectivity index (χ4v) is 4.07. The van der Waals surface area contributed by atoms with E-state index in [1.54, 1.807) is 4.68 Å². The minimum absolute atomic E-state index is 0.0142. The van der Waals surface area contributed by atoms with Crippen LogP contribution in [0.1, 0.15) is 57.1 Å². The molecule has 3 aromatic rings. The minimum Gasteiger partial charge on any atom is -0.391 e. The molecular weight excluding hydrogens is 368 g/mol. The summed E-state index contributed by atoms with van der Waals surface area (Å²) in [5.41, 5.74) is 1.82. The lowest BCUT2D eigenvalue weighted by Crippen LogP contribution is -2.47. The molecule has 0 radical (unpaired) electrons. The number of nitrogens with zero attached hydrogens (tertiary/aromatic N) is 4. The summed E-state index contributed by atoms with van der Waals surface area (Å²) in [6, 6.07) is 7.57. The number of hydrogen-bond donors (Lipinski definition) is 3. The zero-order valence-electron chi connectivity index (χ0n) is 17.1. The van der Waals surface area contributed by atoms with Gasteiger partial charge in [-0.2, -0.15) is 4.68 Å². The van der Waals surface area contributed by atoms with Crippen molar-refractivity contribution in [2.45, 2.75) is 64.5 Å². The van der Waals surface area contributed by atoms with Crippen molar-refractivity contribution in [3.8, 4) is 5.95 Å². The Bertz CT molecular complexity index is 975. The number of H-pyrrole nitrogens is 1. The predicted octanol–water partition coefficient (Wildman–Crippen LogP) is 2.61. The van der Waals surface area contributed by atoms with Gasteiger partial charge in [0.15, 0.2) is 0 Å². The standard InChI is InChI=1S/C21H28N6O2/c1-12(2)10-19(29)23-17-11-14(8-9-18(17)28)20-22-13(3)26-27(20)21-24-15-6-4-5-7-16(15)25-21/h4-7,12,14,17-18,28H,8-11H2,1-3H3,(H,23,29)(H,24,25)/t14-,17+,18+/m0/s1. The van der Waals surface area contributed by atoms with E-state index >= 15 is 0 Å². The van der Waals surface area contributed by atoms with E-state index in [9.17, 15) is 9.90 Å². The molecule has 1 amide bonds. The van der Waals surface area contributed by atoms with Gasteiger partial charge in [0.25, 0.3) is 0 Å². The molecule has 4 rings (SSSR count). The molecule has 1 saturated carbocycles. The Morgan fingerprint density at radius 2 is 2.10 bits per heavy atom. The molecule has 0 bridgehead atoms. The highest BCUT2D eigenvalue weighted by Gasteiger charge is 2.34. The fourth-order valence-electron chi connectivity index (χ4n) is 4.07. The fraction of sp³-hybridized carbons (Fsp3) is 0.524. The Hall–Kier alpha value is -2.74. The second-order valence-electron chi connectivity index (χ2n) is 8.36. The summed E-state index contributed by atoms with van der Waals surface area (Å²) in [5.74, 6) is 2.47. The van der Waals surface area contributed by atoms with Crippen LogP contribution >= 0.6 is 0 Å². The van der Waals surface area contributed by atoms with Crippen LogP contribution in [0, 0.1) is 12.8 Å². The van der Waals surface area contributed by atoms with Crippen molar-refractivity contribution in [2.24, 2.45) is 5.92 Å². The van der Waals surface area contributed by atoms with Crippen LogP contribution in [0.4, 0.5) is 0 Å². The first kappa shape index (κ1) is 19.6. The third kappa shape index (κ3) is 4.17. The topological polar surface area (TPSA) is 109 Å². The normalized spacial score (nSPS) is 22.3. The number of aromatic amines is 1. The molecule has 2 aromatic heterocycles. The van der Waals surface area contributed by atoms with Gasteiger partial charge < -0.3 is 15.4 Å².